The fraction of sp³-hybridized carbons (Fsp3) is 0.467. The minimum atomic E-state index is 0.428. The predicted octanol–water partition coefficient (Wildman–Crippen LogP) is 1.85. The molecule has 2 aromatic rings. The van der Waals surface area contributed by atoms with Crippen molar-refractivity contribution in [2.24, 2.45) is 0 Å². The zero-order valence-corrected chi connectivity index (χ0v) is 11.3. The summed E-state index contributed by atoms with van der Waals surface area (Å²) < 4.78 is 11.1. The van der Waals surface area contributed by atoms with Gasteiger partial charge in [0, 0.05) is 36.6 Å². The molecule has 1 unspecified atom stereocenters. The van der Waals surface area contributed by atoms with Crippen molar-refractivity contribution in [2.45, 2.75) is 12.6 Å². The third kappa shape index (κ3) is 2.97. The van der Waals surface area contributed by atoms with E-state index in [-0.39, 0.29) is 0 Å². The molecule has 1 aliphatic heterocycles. The highest BCUT2D eigenvalue weighted by molar-refractivity contribution is 5.80. The number of nitrogens with one attached hydrogen (secondary N) is 1. The van der Waals surface area contributed by atoms with E-state index in [2.05, 4.69) is 29.4 Å². The van der Waals surface area contributed by atoms with Gasteiger partial charge in [-0.3, -0.25) is 0 Å². The molecule has 1 aromatic heterocycles. The lowest BCUT2D eigenvalue weighted by Gasteiger charge is -2.28. The largest absolute Gasteiger partial charge is 0.464 e. The lowest BCUT2D eigenvalue weighted by Crippen LogP contribution is -2.47. The topological polar surface area (TPSA) is 37.6 Å². The number of hydrogen-bond acceptors (Lipinski definition) is 4. The Balaban J connectivity index is 1.63. The molecule has 0 amide bonds. The van der Waals surface area contributed by atoms with Gasteiger partial charge in [-0.1, -0.05) is 18.2 Å². The van der Waals surface area contributed by atoms with Crippen LogP contribution in [0.1, 0.15) is 5.56 Å². The lowest BCUT2D eigenvalue weighted by atomic mass is 10.1. The van der Waals surface area contributed by atoms with E-state index >= 15 is 0 Å². The van der Waals surface area contributed by atoms with Crippen LogP contribution in [0.15, 0.2) is 34.9 Å². The molecule has 0 radical (unpaired) electrons. The summed E-state index contributed by atoms with van der Waals surface area (Å²) in [7, 11) is 2.14. The molecular formula is C15H20N2O2. The Morgan fingerprint density at radius 3 is 3.11 bits per heavy atom. The average Bonchev–Trinajstić information content (AvgIpc) is 2.83. The molecule has 0 bridgehead atoms. The average molecular weight is 260 g/mol. The van der Waals surface area contributed by atoms with E-state index in [0.29, 0.717) is 6.04 Å². The van der Waals surface area contributed by atoms with E-state index in [1.807, 2.05) is 18.4 Å². The van der Waals surface area contributed by atoms with Gasteiger partial charge >= 0.3 is 0 Å². The number of para-hydroxylation sites is 1. The van der Waals surface area contributed by atoms with Crippen LogP contribution >= 0.6 is 0 Å². The van der Waals surface area contributed by atoms with Crippen LogP contribution in [-0.4, -0.2) is 44.3 Å². The molecule has 0 saturated carbocycles. The minimum Gasteiger partial charge on any atom is -0.464 e. The molecule has 102 valence electrons. The number of nitrogens with zero attached hydrogens (tertiary/aromatic N) is 1. The summed E-state index contributed by atoms with van der Waals surface area (Å²) in [6, 6.07) is 8.61. The molecule has 1 saturated heterocycles. The van der Waals surface area contributed by atoms with E-state index in [1.165, 1.54) is 10.9 Å². The maximum absolute atomic E-state index is 5.57. The summed E-state index contributed by atoms with van der Waals surface area (Å²) >= 11 is 0. The quantitative estimate of drug-likeness (QED) is 0.910. The van der Waals surface area contributed by atoms with Gasteiger partial charge in [0.25, 0.3) is 0 Å². The number of hydrogen-bond donors (Lipinski definition) is 1. The van der Waals surface area contributed by atoms with Crippen LogP contribution in [0.4, 0.5) is 0 Å². The normalized spacial score (nSPS) is 20.2. The summed E-state index contributed by atoms with van der Waals surface area (Å²) in [4.78, 5) is 2.31. The fourth-order valence-electron chi connectivity index (χ4n) is 2.62. The highest BCUT2D eigenvalue weighted by atomic mass is 16.5. The van der Waals surface area contributed by atoms with Gasteiger partial charge < -0.3 is 19.4 Å². The molecule has 4 nitrogen and oxygen atoms in total. The number of fused-ring (bicyclic) bond motifs is 1. The van der Waals surface area contributed by atoms with Gasteiger partial charge in [-0.2, -0.15) is 0 Å². The second-order valence-corrected chi connectivity index (χ2v) is 5.18. The Kier molecular flexibility index (Phi) is 3.82. The molecule has 4 heteroatoms. The van der Waals surface area contributed by atoms with Crippen molar-refractivity contribution in [3.63, 3.8) is 0 Å². The summed E-state index contributed by atoms with van der Waals surface area (Å²) in [5, 5.41) is 4.69. The molecule has 0 spiro atoms. The molecule has 1 aromatic carbocycles. The number of benzene rings is 1. The Morgan fingerprint density at radius 2 is 2.26 bits per heavy atom. The van der Waals surface area contributed by atoms with Gasteiger partial charge in [0.05, 0.1) is 19.5 Å². The van der Waals surface area contributed by atoms with E-state index < -0.39 is 0 Å². The van der Waals surface area contributed by atoms with Crippen molar-refractivity contribution in [3.8, 4) is 0 Å². The minimum absolute atomic E-state index is 0.428. The summed E-state index contributed by atoms with van der Waals surface area (Å²) in [5.74, 6) is 0. The van der Waals surface area contributed by atoms with Crippen molar-refractivity contribution in [1.29, 1.82) is 0 Å². The molecule has 1 atom stereocenters. The maximum Gasteiger partial charge on any atom is 0.134 e. The van der Waals surface area contributed by atoms with E-state index in [9.17, 15) is 0 Å². The first kappa shape index (κ1) is 12.7. The first-order valence-corrected chi connectivity index (χ1v) is 6.78. The zero-order valence-electron chi connectivity index (χ0n) is 11.3. The first-order valence-electron chi connectivity index (χ1n) is 6.78. The second-order valence-electron chi connectivity index (χ2n) is 5.18. The molecule has 3 rings (SSSR count). The standard InChI is InChI=1S/C15H20N2O2/c1-17(9-13-11-18-7-6-16-13)8-12-10-19-15-5-3-2-4-14(12)15/h2-5,10,13,16H,6-9,11H2,1H3. The smallest absolute Gasteiger partial charge is 0.134 e. The van der Waals surface area contributed by atoms with Crippen LogP contribution in [0.5, 0.6) is 0 Å². The van der Waals surface area contributed by atoms with Gasteiger partial charge in [-0.25, -0.2) is 0 Å². The van der Waals surface area contributed by atoms with E-state index in [0.717, 1.165) is 38.4 Å². The molecule has 2 heterocycles. The van der Waals surface area contributed by atoms with Crippen LogP contribution in [0, 0.1) is 0 Å². The monoisotopic (exact) mass is 260 g/mol. The SMILES string of the molecule is CN(Cc1coc2ccccc12)CC1COCCN1. The summed E-state index contributed by atoms with van der Waals surface area (Å²) in [6.45, 7) is 4.46. The van der Waals surface area contributed by atoms with Crippen LogP contribution in [0.2, 0.25) is 0 Å². The number of furan rings is 1. The molecule has 0 aliphatic carbocycles. The highest BCUT2D eigenvalue weighted by Gasteiger charge is 2.16. The van der Waals surface area contributed by atoms with Crippen LogP contribution in [-0.2, 0) is 11.3 Å². The highest BCUT2D eigenvalue weighted by Crippen LogP contribution is 2.21. The predicted molar refractivity (Wildman–Crippen MR) is 75.2 cm³/mol. The Hall–Kier alpha value is -1.36. The van der Waals surface area contributed by atoms with Gasteiger partial charge in [0.15, 0.2) is 0 Å². The molecular weight excluding hydrogens is 240 g/mol. The van der Waals surface area contributed by atoms with Crippen molar-refractivity contribution >= 4 is 11.0 Å². The van der Waals surface area contributed by atoms with Crippen LogP contribution < -0.4 is 5.32 Å². The zero-order chi connectivity index (χ0) is 13.1. The Bertz CT molecular complexity index is 532. The van der Waals surface area contributed by atoms with Gasteiger partial charge in [-0.15, -0.1) is 0 Å². The number of likely N-dealkylation sites (N-methyl/N-ethyl adjacent to an activating group) is 1. The number of morpholine rings is 1. The molecule has 19 heavy (non-hydrogen) atoms. The molecule has 1 aliphatic rings. The van der Waals surface area contributed by atoms with Crippen LogP contribution in [0.25, 0.3) is 11.0 Å². The number of rotatable bonds is 4. The van der Waals surface area contributed by atoms with Gasteiger partial charge in [-0.05, 0) is 13.1 Å². The van der Waals surface area contributed by atoms with Crippen molar-refractivity contribution in [2.75, 3.05) is 33.4 Å². The summed E-state index contributed by atoms with van der Waals surface area (Å²) in [5.41, 5.74) is 2.21. The maximum atomic E-state index is 5.57. The fourth-order valence-corrected chi connectivity index (χ4v) is 2.62. The molecule has 1 fully saturated rings. The summed E-state index contributed by atoms with van der Waals surface area (Å²) in [6.07, 6.45) is 1.87. The lowest BCUT2D eigenvalue weighted by molar-refractivity contribution is 0.0645. The van der Waals surface area contributed by atoms with E-state index in [1.54, 1.807) is 0 Å². The molecule has 1 N–H and O–H groups in total. The van der Waals surface area contributed by atoms with Gasteiger partial charge in [0.2, 0.25) is 0 Å². The van der Waals surface area contributed by atoms with Crippen molar-refractivity contribution in [3.05, 3.63) is 36.1 Å². The van der Waals surface area contributed by atoms with Gasteiger partial charge in [0.1, 0.15) is 5.58 Å². The first-order chi connectivity index (χ1) is 9.33. The third-order valence-corrected chi connectivity index (χ3v) is 3.53. The van der Waals surface area contributed by atoms with Crippen LogP contribution in [0.3, 0.4) is 0 Å². The van der Waals surface area contributed by atoms with Crippen molar-refractivity contribution in [1.82, 2.24) is 10.2 Å². The van der Waals surface area contributed by atoms with E-state index in [4.69, 9.17) is 9.15 Å². The Labute approximate surface area is 113 Å². The third-order valence-electron chi connectivity index (χ3n) is 3.53. The van der Waals surface area contributed by atoms with Crippen molar-refractivity contribution < 1.29 is 9.15 Å². The Morgan fingerprint density at radius 1 is 1.37 bits per heavy atom. The number of ether oxygens (including phenoxy) is 1. The second kappa shape index (κ2) is 5.74.